The Labute approximate surface area is 194 Å². The van der Waals surface area contributed by atoms with Gasteiger partial charge in [0.05, 0.1) is 18.9 Å². The molecule has 172 valence electrons. The van der Waals surface area contributed by atoms with Crippen molar-refractivity contribution in [1.29, 1.82) is 0 Å². The van der Waals surface area contributed by atoms with Crippen molar-refractivity contribution < 1.29 is 23.8 Å². The van der Waals surface area contributed by atoms with Gasteiger partial charge in [-0.2, -0.15) is 0 Å². The normalized spacial score (nSPS) is 11.3. The number of aliphatic carboxylic acids is 1. The number of rotatable bonds is 11. The minimum absolute atomic E-state index is 0.0972. The highest BCUT2D eigenvalue weighted by atomic mass is 16.5. The highest BCUT2D eigenvalue weighted by Crippen LogP contribution is 2.27. The number of carboxylic acid groups (broad SMARTS) is 1. The largest absolute Gasteiger partial charge is 0.493 e. The van der Waals surface area contributed by atoms with Crippen LogP contribution in [0.3, 0.4) is 0 Å². The van der Waals surface area contributed by atoms with E-state index in [-0.39, 0.29) is 12.4 Å². The Morgan fingerprint density at radius 2 is 1.82 bits per heavy atom. The summed E-state index contributed by atoms with van der Waals surface area (Å²) < 4.78 is 17.2. The summed E-state index contributed by atoms with van der Waals surface area (Å²) in [7, 11) is 0. The fraction of sp³-hybridized carbons (Fsp3) is 0.259. The van der Waals surface area contributed by atoms with E-state index < -0.39 is 5.97 Å². The van der Waals surface area contributed by atoms with Crippen molar-refractivity contribution in [2.75, 3.05) is 13.2 Å². The van der Waals surface area contributed by atoms with Crippen LogP contribution >= 0.6 is 0 Å². The van der Waals surface area contributed by atoms with E-state index in [1.54, 1.807) is 6.08 Å². The lowest BCUT2D eigenvalue weighted by molar-refractivity contribution is -0.136. The van der Waals surface area contributed by atoms with Crippen molar-refractivity contribution in [3.05, 3.63) is 89.0 Å². The lowest BCUT2D eigenvalue weighted by atomic mass is 10.0. The van der Waals surface area contributed by atoms with Crippen LogP contribution < -0.4 is 4.74 Å². The molecule has 1 N–H and O–H groups in total. The summed E-state index contributed by atoms with van der Waals surface area (Å²) >= 11 is 0. The second kappa shape index (κ2) is 11.2. The van der Waals surface area contributed by atoms with Crippen LogP contribution in [-0.4, -0.2) is 29.3 Å². The van der Waals surface area contributed by atoms with E-state index in [4.69, 9.17) is 13.9 Å². The Morgan fingerprint density at radius 3 is 2.45 bits per heavy atom. The van der Waals surface area contributed by atoms with Crippen molar-refractivity contribution >= 4 is 12.0 Å². The summed E-state index contributed by atoms with van der Waals surface area (Å²) in [6, 6.07) is 13.6. The summed E-state index contributed by atoms with van der Waals surface area (Å²) in [6.45, 7) is 10.1. The van der Waals surface area contributed by atoms with Crippen molar-refractivity contribution in [2.45, 2.75) is 33.6 Å². The van der Waals surface area contributed by atoms with Gasteiger partial charge in [0.15, 0.2) is 0 Å². The van der Waals surface area contributed by atoms with Gasteiger partial charge in [-0.25, -0.2) is 9.78 Å². The third-order valence-corrected chi connectivity index (χ3v) is 5.07. The van der Waals surface area contributed by atoms with Gasteiger partial charge in [-0.15, -0.1) is 6.58 Å². The second-order valence-electron chi connectivity index (χ2n) is 7.71. The fourth-order valence-electron chi connectivity index (χ4n) is 3.48. The molecule has 1 aromatic heterocycles. The number of ether oxygens (including phenoxy) is 2. The third-order valence-electron chi connectivity index (χ3n) is 5.07. The molecule has 0 aliphatic heterocycles. The highest BCUT2D eigenvalue weighted by Gasteiger charge is 2.14. The maximum absolute atomic E-state index is 11.5. The van der Waals surface area contributed by atoms with Gasteiger partial charge in [-0.05, 0) is 74.2 Å². The zero-order valence-electron chi connectivity index (χ0n) is 19.3. The van der Waals surface area contributed by atoms with Gasteiger partial charge >= 0.3 is 5.97 Å². The predicted molar refractivity (Wildman–Crippen MR) is 128 cm³/mol. The number of nitrogens with zero attached hydrogens (tertiary/aromatic N) is 1. The Morgan fingerprint density at radius 1 is 1.12 bits per heavy atom. The zero-order valence-corrected chi connectivity index (χ0v) is 19.3. The first kappa shape index (κ1) is 23.9. The quantitative estimate of drug-likeness (QED) is 0.170. The van der Waals surface area contributed by atoms with Crippen LogP contribution in [0.25, 0.3) is 17.5 Å². The molecule has 33 heavy (non-hydrogen) atoms. The van der Waals surface area contributed by atoms with Gasteiger partial charge < -0.3 is 19.0 Å². The van der Waals surface area contributed by atoms with Gasteiger partial charge in [0.25, 0.3) is 0 Å². The maximum atomic E-state index is 11.5. The van der Waals surface area contributed by atoms with Crippen molar-refractivity contribution in [3.8, 4) is 17.2 Å². The molecular weight excluding hydrogens is 418 g/mol. The van der Waals surface area contributed by atoms with Crippen LogP contribution in [0.15, 0.2) is 65.3 Å². The molecule has 0 radical (unpaired) electrons. The van der Waals surface area contributed by atoms with Crippen molar-refractivity contribution in [1.82, 2.24) is 4.98 Å². The van der Waals surface area contributed by atoms with Crippen molar-refractivity contribution in [2.24, 2.45) is 0 Å². The Hall–Kier alpha value is -3.80. The molecule has 0 bridgehead atoms. The Balaban J connectivity index is 1.68. The first-order valence-electron chi connectivity index (χ1n) is 10.8. The van der Waals surface area contributed by atoms with Crippen LogP contribution in [0, 0.1) is 20.8 Å². The van der Waals surface area contributed by atoms with Gasteiger partial charge in [0, 0.05) is 12.0 Å². The molecule has 1 heterocycles. The zero-order chi connectivity index (χ0) is 23.8. The summed E-state index contributed by atoms with van der Waals surface area (Å²) in [5.41, 5.74) is 4.38. The number of carboxylic acids is 1. The average Bonchev–Trinajstić information content (AvgIpc) is 3.16. The monoisotopic (exact) mass is 447 g/mol. The van der Waals surface area contributed by atoms with Crippen LogP contribution in [0.4, 0.5) is 0 Å². The molecule has 3 rings (SSSR count). The van der Waals surface area contributed by atoms with E-state index >= 15 is 0 Å². The number of aryl methyl sites for hydroxylation is 3. The standard InChI is InChI=1S/C27H29NO5/c1-5-6-13-31-24(27(29)30)17-21-15-18(2)25(19(3)16-21)32-14-12-23-20(4)33-26(28-23)22-10-8-7-9-11-22/h5,7-11,15-17H,1,6,12-14H2,2-4H3,(H,29,30)/b24-17+. The molecule has 0 saturated heterocycles. The lowest BCUT2D eigenvalue weighted by Gasteiger charge is -2.13. The maximum Gasteiger partial charge on any atom is 0.371 e. The van der Waals surface area contributed by atoms with E-state index in [1.165, 1.54) is 6.08 Å². The molecule has 0 aliphatic rings. The summed E-state index contributed by atoms with van der Waals surface area (Å²) in [4.78, 5) is 16.1. The van der Waals surface area contributed by atoms with Crippen LogP contribution in [-0.2, 0) is 16.0 Å². The molecule has 6 heteroatoms. The number of benzene rings is 2. The lowest BCUT2D eigenvalue weighted by Crippen LogP contribution is -2.07. The minimum atomic E-state index is -1.10. The number of hydrogen-bond donors (Lipinski definition) is 1. The Bertz CT molecular complexity index is 1120. The van der Waals surface area contributed by atoms with E-state index in [0.717, 1.165) is 39.5 Å². The first-order valence-corrected chi connectivity index (χ1v) is 10.8. The summed E-state index contributed by atoms with van der Waals surface area (Å²) in [5, 5.41) is 9.39. The second-order valence-corrected chi connectivity index (χ2v) is 7.71. The molecule has 0 unspecified atom stereocenters. The predicted octanol–water partition coefficient (Wildman–Crippen LogP) is 5.91. The smallest absolute Gasteiger partial charge is 0.371 e. The molecule has 2 aromatic carbocycles. The average molecular weight is 448 g/mol. The van der Waals surface area contributed by atoms with Gasteiger partial charge in [0.2, 0.25) is 11.6 Å². The molecule has 0 spiro atoms. The third kappa shape index (κ3) is 6.35. The van der Waals surface area contributed by atoms with E-state index in [0.29, 0.717) is 25.3 Å². The summed E-state index contributed by atoms with van der Waals surface area (Å²) in [6.07, 6.45) is 4.40. The highest BCUT2D eigenvalue weighted by molar-refractivity contribution is 5.90. The molecular formula is C27H29NO5. The van der Waals surface area contributed by atoms with E-state index in [2.05, 4.69) is 11.6 Å². The van der Waals surface area contributed by atoms with E-state index in [9.17, 15) is 9.90 Å². The topological polar surface area (TPSA) is 81.8 Å². The van der Waals surface area contributed by atoms with E-state index in [1.807, 2.05) is 63.2 Å². The molecule has 0 aliphatic carbocycles. The molecule has 0 amide bonds. The number of aromatic nitrogens is 1. The number of oxazole rings is 1. The number of carbonyl (C=O) groups is 1. The first-order chi connectivity index (χ1) is 15.9. The van der Waals surface area contributed by atoms with Crippen molar-refractivity contribution in [3.63, 3.8) is 0 Å². The molecule has 0 fully saturated rings. The SMILES string of the molecule is C=CCCO/C(=C/c1cc(C)c(OCCc2nc(-c3ccccc3)oc2C)c(C)c1)C(=O)O. The van der Waals surface area contributed by atoms with Gasteiger partial charge in [-0.1, -0.05) is 24.3 Å². The van der Waals surface area contributed by atoms with Crippen LogP contribution in [0.1, 0.15) is 34.6 Å². The van der Waals surface area contributed by atoms with Crippen LogP contribution in [0.5, 0.6) is 5.75 Å². The minimum Gasteiger partial charge on any atom is -0.493 e. The molecule has 0 saturated carbocycles. The fourth-order valence-corrected chi connectivity index (χ4v) is 3.48. The van der Waals surface area contributed by atoms with Gasteiger partial charge in [-0.3, -0.25) is 0 Å². The summed E-state index contributed by atoms with van der Waals surface area (Å²) in [5.74, 6) is 0.966. The molecule has 6 nitrogen and oxygen atoms in total. The molecule has 0 atom stereocenters. The van der Waals surface area contributed by atoms with Gasteiger partial charge in [0.1, 0.15) is 11.5 Å². The number of hydrogen-bond acceptors (Lipinski definition) is 5. The van der Waals surface area contributed by atoms with Crippen LogP contribution in [0.2, 0.25) is 0 Å². The Kier molecular flexibility index (Phi) is 8.08. The molecule has 3 aromatic rings.